The smallest absolute Gasteiger partial charge is 0.214 e. The van der Waals surface area contributed by atoms with Crippen molar-refractivity contribution in [2.75, 3.05) is 38.5 Å². The number of nitrogens with two attached hydrogens (primary N) is 1. The minimum atomic E-state index is -3.08. The highest BCUT2D eigenvalue weighted by Gasteiger charge is 2.32. The molecule has 2 N–H and O–H groups in total. The third-order valence-corrected chi connectivity index (χ3v) is 5.38. The normalized spacial score (nSPS) is 22.5. The Bertz CT molecular complexity index is 315. The highest BCUT2D eigenvalue weighted by Crippen LogP contribution is 2.19. The molecule has 1 rings (SSSR count). The van der Waals surface area contributed by atoms with Crippen molar-refractivity contribution in [2.24, 2.45) is 5.73 Å². The summed E-state index contributed by atoms with van der Waals surface area (Å²) < 4.78 is 25.6. The first kappa shape index (κ1) is 14.9. The van der Waals surface area contributed by atoms with E-state index in [0.29, 0.717) is 32.1 Å². The van der Waals surface area contributed by atoms with Crippen molar-refractivity contribution in [2.45, 2.75) is 32.7 Å². The Morgan fingerprint density at radius 1 is 1.35 bits per heavy atom. The van der Waals surface area contributed by atoms with E-state index in [1.807, 2.05) is 0 Å². The lowest BCUT2D eigenvalue weighted by atomic mass is 10.2. The lowest BCUT2D eigenvalue weighted by molar-refractivity contribution is 0.224. The van der Waals surface area contributed by atoms with Crippen LogP contribution in [0.2, 0.25) is 0 Å². The summed E-state index contributed by atoms with van der Waals surface area (Å²) in [6, 6.07) is 0.387. The maximum absolute atomic E-state index is 12.0. The van der Waals surface area contributed by atoms with Crippen LogP contribution in [0.5, 0.6) is 0 Å². The molecule has 5 nitrogen and oxygen atoms in total. The number of likely N-dealkylation sites (N-methyl/N-ethyl adjacent to an activating group) is 1. The van der Waals surface area contributed by atoms with Crippen LogP contribution in [0.4, 0.5) is 0 Å². The molecule has 0 radical (unpaired) electrons. The van der Waals surface area contributed by atoms with Crippen molar-refractivity contribution in [3.05, 3.63) is 0 Å². The maximum Gasteiger partial charge on any atom is 0.214 e. The number of rotatable bonds is 7. The minimum absolute atomic E-state index is 0.189. The third kappa shape index (κ3) is 3.91. The van der Waals surface area contributed by atoms with Gasteiger partial charge in [0.1, 0.15) is 0 Å². The van der Waals surface area contributed by atoms with Gasteiger partial charge in [0.15, 0.2) is 0 Å². The van der Waals surface area contributed by atoms with Gasteiger partial charge in [0.2, 0.25) is 10.0 Å². The van der Waals surface area contributed by atoms with E-state index in [-0.39, 0.29) is 5.75 Å². The van der Waals surface area contributed by atoms with E-state index >= 15 is 0 Å². The molecule has 0 aromatic carbocycles. The molecule has 1 unspecified atom stereocenters. The highest BCUT2D eigenvalue weighted by atomic mass is 32.2. The Kier molecular flexibility index (Phi) is 5.85. The molecule has 0 bridgehead atoms. The van der Waals surface area contributed by atoms with Gasteiger partial charge in [-0.05, 0) is 32.5 Å². The zero-order valence-electron chi connectivity index (χ0n) is 10.9. The molecule has 6 heteroatoms. The zero-order chi connectivity index (χ0) is 12.9. The van der Waals surface area contributed by atoms with Crippen molar-refractivity contribution in [3.8, 4) is 0 Å². The zero-order valence-corrected chi connectivity index (χ0v) is 11.7. The standard InChI is InChI=1S/C11H25N3O2S/c1-3-13(4-2)11-6-8-14(10-11)17(15,16)9-5-7-12/h11H,3-10,12H2,1-2H3. The van der Waals surface area contributed by atoms with Crippen molar-refractivity contribution < 1.29 is 8.42 Å². The molecule has 102 valence electrons. The monoisotopic (exact) mass is 263 g/mol. The maximum atomic E-state index is 12.0. The van der Waals surface area contributed by atoms with Crippen LogP contribution < -0.4 is 5.73 Å². The lowest BCUT2D eigenvalue weighted by Gasteiger charge is -2.26. The molecular weight excluding hydrogens is 238 g/mol. The summed E-state index contributed by atoms with van der Waals surface area (Å²) in [4.78, 5) is 2.33. The molecule has 0 aliphatic carbocycles. The summed E-state index contributed by atoms with van der Waals surface area (Å²) >= 11 is 0. The van der Waals surface area contributed by atoms with Gasteiger partial charge in [0, 0.05) is 19.1 Å². The molecule has 1 atom stereocenters. The predicted octanol–water partition coefficient (Wildman–Crippen LogP) is 0.0811. The molecule has 1 aliphatic rings. The van der Waals surface area contributed by atoms with E-state index < -0.39 is 10.0 Å². The van der Waals surface area contributed by atoms with E-state index in [9.17, 15) is 8.42 Å². The largest absolute Gasteiger partial charge is 0.330 e. The van der Waals surface area contributed by atoms with Gasteiger partial charge in [-0.1, -0.05) is 13.8 Å². The van der Waals surface area contributed by atoms with Gasteiger partial charge in [0.05, 0.1) is 5.75 Å². The van der Waals surface area contributed by atoms with E-state index in [0.717, 1.165) is 19.5 Å². The summed E-state index contributed by atoms with van der Waals surface area (Å²) in [5.41, 5.74) is 5.36. The molecule has 0 aromatic heterocycles. The predicted molar refractivity (Wildman–Crippen MR) is 70.4 cm³/mol. The fourth-order valence-electron chi connectivity index (χ4n) is 2.40. The van der Waals surface area contributed by atoms with Crippen molar-refractivity contribution in [3.63, 3.8) is 0 Å². The highest BCUT2D eigenvalue weighted by molar-refractivity contribution is 7.89. The van der Waals surface area contributed by atoms with Crippen LogP contribution in [0.15, 0.2) is 0 Å². The van der Waals surface area contributed by atoms with Crippen LogP contribution in [-0.4, -0.2) is 62.1 Å². The number of sulfonamides is 1. The van der Waals surface area contributed by atoms with E-state index in [1.54, 1.807) is 4.31 Å². The first-order chi connectivity index (χ1) is 8.05. The molecule has 1 fully saturated rings. The Morgan fingerprint density at radius 3 is 2.53 bits per heavy atom. The molecule has 0 aromatic rings. The Labute approximate surface area is 105 Å². The van der Waals surface area contributed by atoms with Crippen molar-refractivity contribution >= 4 is 10.0 Å². The van der Waals surface area contributed by atoms with Crippen LogP contribution in [0.1, 0.15) is 26.7 Å². The molecule has 17 heavy (non-hydrogen) atoms. The van der Waals surface area contributed by atoms with E-state index in [2.05, 4.69) is 18.7 Å². The van der Waals surface area contributed by atoms with Crippen LogP contribution in [0, 0.1) is 0 Å². The van der Waals surface area contributed by atoms with Gasteiger partial charge < -0.3 is 5.73 Å². The second-order valence-corrected chi connectivity index (χ2v) is 6.57. The number of hydrogen-bond donors (Lipinski definition) is 1. The van der Waals surface area contributed by atoms with Crippen LogP contribution in [0.25, 0.3) is 0 Å². The van der Waals surface area contributed by atoms with Crippen LogP contribution >= 0.6 is 0 Å². The van der Waals surface area contributed by atoms with E-state index in [4.69, 9.17) is 5.73 Å². The molecule has 1 saturated heterocycles. The van der Waals surface area contributed by atoms with Gasteiger partial charge in [0.25, 0.3) is 0 Å². The minimum Gasteiger partial charge on any atom is -0.330 e. The summed E-state index contributed by atoms with van der Waals surface area (Å²) in [7, 11) is -3.08. The van der Waals surface area contributed by atoms with Gasteiger partial charge >= 0.3 is 0 Å². The van der Waals surface area contributed by atoms with Crippen molar-refractivity contribution in [1.82, 2.24) is 9.21 Å². The van der Waals surface area contributed by atoms with Gasteiger partial charge in [-0.15, -0.1) is 0 Å². The molecule has 0 spiro atoms. The quantitative estimate of drug-likeness (QED) is 0.706. The molecule has 1 aliphatic heterocycles. The van der Waals surface area contributed by atoms with Gasteiger partial charge in [-0.25, -0.2) is 12.7 Å². The van der Waals surface area contributed by atoms with Gasteiger partial charge in [-0.3, -0.25) is 4.90 Å². The van der Waals surface area contributed by atoms with Crippen LogP contribution in [0.3, 0.4) is 0 Å². The summed E-state index contributed by atoms with van der Waals surface area (Å²) in [6.07, 6.45) is 1.50. The topological polar surface area (TPSA) is 66.6 Å². The summed E-state index contributed by atoms with van der Waals surface area (Å²) in [5.74, 6) is 0.189. The fourth-order valence-corrected chi connectivity index (χ4v) is 3.97. The molecule has 1 heterocycles. The average molecular weight is 263 g/mol. The Hall–Kier alpha value is -0.170. The number of nitrogens with zero attached hydrogens (tertiary/aromatic N) is 2. The first-order valence-electron chi connectivity index (χ1n) is 6.47. The average Bonchev–Trinajstić information content (AvgIpc) is 2.78. The second kappa shape index (κ2) is 6.68. The lowest BCUT2D eigenvalue weighted by Crippen LogP contribution is -2.39. The van der Waals surface area contributed by atoms with Crippen molar-refractivity contribution in [1.29, 1.82) is 0 Å². The molecule has 0 saturated carbocycles. The van der Waals surface area contributed by atoms with Crippen LogP contribution in [-0.2, 0) is 10.0 Å². The van der Waals surface area contributed by atoms with Gasteiger partial charge in [-0.2, -0.15) is 0 Å². The third-order valence-electron chi connectivity index (χ3n) is 3.45. The Balaban J connectivity index is 2.54. The second-order valence-electron chi connectivity index (χ2n) is 4.48. The molecular formula is C11H25N3O2S. The van der Waals surface area contributed by atoms with E-state index in [1.165, 1.54) is 0 Å². The fraction of sp³-hybridized carbons (Fsp3) is 1.00. The SMILES string of the molecule is CCN(CC)C1CCN(S(=O)(=O)CCCN)C1. The molecule has 0 amide bonds. The number of hydrogen-bond acceptors (Lipinski definition) is 4. The first-order valence-corrected chi connectivity index (χ1v) is 8.08. The summed E-state index contributed by atoms with van der Waals surface area (Å²) in [6.45, 7) is 7.95. The summed E-state index contributed by atoms with van der Waals surface area (Å²) in [5, 5.41) is 0. The Morgan fingerprint density at radius 2 is 2.00 bits per heavy atom.